The maximum atomic E-state index is 11.0. The van der Waals surface area contributed by atoms with Crippen LogP contribution in [0.15, 0.2) is 11.5 Å². The van der Waals surface area contributed by atoms with Crippen molar-refractivity contribution in [1.82, 2.24) is 0 Å². The Hall–Kier alpha value is -1.03. The molecule has 0 saturated heterocycles. The van der Waals surface area contributed by atoms with Gasteiger partial charge in [0.1, 0.15) is 0 Å². The molecule has 1 atom stereocenters. The average molecular weight is 158 g/mol. The number of carbonyl (C=O) groups is 1. The second kappa shape index (κ2) is 2.23. The number of ketones is 1. The second-order valence-corrected chi connectivity index (χ2v) is 2.47. The van der Waals surface area contributed by atoms with E-state index in [2.05, 4.69) is 4.74 Å². The first-order valence-electron chi connectivity index (χ1n) is 3.15. The zero-order valence-corrected chi connectivity index (χ0v) is 6.67. The molecular formula is C7H10O4. The Bertz CT molecular complexity index is 227. The van der Waals surface area contributed by atoms with Crippen LogP contribution in [0, 0.1) is 0 Å². The molecule has 0 bridgehead atoms. The molecule has 0 aromatic rings. The van der Waals surface area contributed by atoms with Crippen molar-refractivity contribution >= 4 is 5.78 Å². The summed E-state index contributed by atoms with van der Waals surface area (Å²) in [5.41, 5.74) is -1.49. The second-order valence-electron chi connectivity index (χ2n) is 2.47. The van der Waals surface area contributed by atoms with Crippen molar-refractivity contribution in [1.29, 1.82) is 0 Å². The number of ether oxygens (including phenoxy) is 2. The molecule has 0 amide bonds. The third kappa shape index (κ3) is 0.826. The maximum Gasteiger partial charge on any atom is 0.240 e. The standard InChI is InChI=1S/C7H10O4/c1-7(9)5(8)4(10-2)6(7)11-3/h9H,1-3H3. The molecule has 1 N–H and O–H groups in total. The van der Waals surface area contributed by atoms with E-state index in [1.165, 1.54) is 21.1 Å². The van der Waals surface area contributed by atoms with Crippen molar-refractivity contribution in [2.45, 2.75) is 12.5 Å². The van der Waals surface area contributed by atoms with Crippen LogP contribution in [0.1, 0.15) is 6.92 Å². The summed E-state index contributed by atoms with van der Waals surface area (Å²) < 4.78 is 9.44. The molecule has 0 spiro atoms. The Kier molecular flexibility index (Phi) is 1.64. The van der Waals surface area contributed by atoms with Gasteiger partial charge in [-0.2, -0.15) is 0 Å². The molecule has 1 unspecified atom stereocenters. The van der Waals surface area contributed by atoms with Crippen molar-refractivity contribution in [3.05, 3.63) is 11.5 Å². The maximum absolute atomic E-state index is 11.0. The number of hydrogen-bond acceptors (Lipinski definition) is 4. The Balaban J connectivity index is 3.00. The lowest BCUT2D eigenvalue weighted by atomic mass is 9.85. The lowest BCUT2D eigenvalue weighted by molar-refractivity contribution is -0.143. The summed E-state index contributed by atoms with van der Waals surface area (Å²) in [7, 11) is 2.75. The summed E-state index contributed by atoms with van der Waals surface area (Å²) in [6, 6.07) is 0. The summed E-state index contributed by atoms with van der Waals surface area (Å²) in [4.78, 5) is 11.0. The molecule has 0 aliphatic heterocycles. The first-order chi connectivity index (χ1) is 5.05. The van der Waals surface area contributed by atoms with E-state index in [1.807, 2.05) is 0 Å². The highest BCUT2D eigenvalue weighted by Gasteiger charge is 2.52. The van der Waals surface area contributed by atoms with Crippen molar-refractivity contribution in [2.24, 2.45) is 0 Å². The molecule has 11 heavy (non-hydrogen) atoms. The normalized spacial score (nSPS) is 30.0. The Labute approximate surface area is 64.4 Å². The quantitative estimate of drug-likeness (QED) is 0.606. The van der Waals surface area contributed by atoms with E-state index in [0.717, 1.165) is 0 Å². The molecule has 1 rings (SSSR count). The molecule has 4 nitrogen and oxygen atoms in total. The Morgan fingerprint density at radius 3 is 2.18 bits per heavy atom. The lowest BCUT2D eigenvalue weighted by Crippen LogP contribution is -2.49. The highest BCUT2D eigenvalue weighted by Crippen LogP contribution is 2.35. The monoisotopic (exact) mass is 158 g/mol. The number of carbonyl (C=O) groups excluding carboxylic acids is 1. The van der Waals surface area contributed by atoms with Crippen LogP contribution in [0.2, 0.25) is 0 Å². The predicted octanol–water partition coefficient (Wildman–Crippen LogP) is -0.175. The Morgan fingerprint density at radius 2 is 1.91 bits per heavy atom. The van der Waals surface area contributed by atoms with Gasteiger partial charge in [0.15, 0.2) is 11.4 Å². The van der Waals surface area contributed by atoms with Gasteiger partial charge in [0.05, 0.1) is 14.2 Å². The van der Waals surface area contributed by atoms with Crippen molar-refractivity contribution in [3.8, 4) is 0 Å². The molecular weight excluding hydrogens is 148 g/mol. The third-order valence-electron chi connectivity index (χ3n) is 1.70. The molecule has 62 valence electrons. The van der Waals surface area contributed by atoms with Gasteiger partial charge in [-0.25, -0.2) is 0 Å². The zero-order chi connectivity index (χ0) is 8.65. The van der Waals surface area contributed by atoms with Crippen LogP contribution < -0.4 is 0 Å². The molecule has 0 aromatic heterocycles. The first-order valence-corrected chi connectivity index (χ1v) is 3.15. The van der Waals surface area contributed by atoms with Gasteiger partial charge in [0.2, 0.25) is 11.5 Å². The van der Waals surface area contributed by atoms with E-state index in [9.17, 15) is 9.90 Å². The van der Waals surface area contributed by atoms with Crippen LogP contribution in [0.3, 0.4) is 0 Å². The Morgan fingerprint density at radius 1 is 1.36 bits per heavy atom. The van der Waals surface area contributed by atoms with Gasteiger partial charge >= 0.3 is 0 Å². The zero-order valence-electron chi connectivity index (χ0n) is 6.67. The predicted molar refractivity (Wildman–Crippen MR) is 36.7 cm³/mol. The minimum Gasteiger partial charge on any atom is -0.494 e. The van der Waals surface area contributed by atoms with Crippen molar-refractivity contribution in [3.63, 3.8) is 0 Å². The van der Waals surface area contributed by atoms with Gasteiger partial charge in [-0.1, -0.05) is 0 Å². The van der Waals surface area contributed by atoms with Crippen LogP contribution in [0.25, 0.3) is 0 Å². The molecule has 4 heteroatoms. The van der Waals surface area contributed by atoms with Crippen LogP contribution in [0.4, 0.5) is 0 Å². The van der Waals surface area contributed by atoms with Gasteiger partial charge in [0.25, 0.3) is 0 Å². The molecule has 1 aliphatic carbocycles. The van der Waals surface area contributed by atoms with Gasteiger partial charge in [-0.3, -0.25) is 4.79 Å². The molecule has 0 aromatic carbocycles. The minimum atomic E-state index is -1.49. The van der Waals surface area contributed by atoms with Crippen LogP contribution in [-0.4, -0.2) is 30.7 Å². The van der Waals surface area contributed by atoms with E-state index in [-0.39, 0.29) is 11.5 Å². The summed E-state index contributed by atoms with van der Waals surface area (Å²) in [5.74, 6) is -0.126. The molecule has 0 fully saturated rings. The molecule has 0 radical (unpaired) electrons. The SMILES string of the molecule is COC1=C(OC)C(C)(O)C1=O. The smallest absolute Gasteiger partial charge is 0.240 e. The highest BCUT2D eigenvalue weighted by molar-refractivity contribution is 6.09. The summed E-state index contributed by atoms with van der Waals surface area (Å²) in [5, 5.41) is 9.33. The fourth-order valence-corrected chi connectivity index (χ4v) is 1.06. The van der Waals surface area contributed by atoms with Crippen molar-refractivity contribution in [2.75, 3.05) is 14.2 Å². The van der Waals surface area contributed by atoms with E-state index in [4.69, 9.17) is 4.74 Å². The number of methoxy groups -OCH3 is 2. The van der Waals surface area contributed by atoms with E-state index in [0.29, 0.717) is 0 Å². The number of rotatable bonds is 2. The average Bonchev–Trinajstić information content (AvgIpc) is 1.98. The van der Waals surface area contributed by atoms with Crippen LogP contribution in [-0.2, 0) is 14.3 Å². The van der Waals surface area contributed by atoms with Crippen LogP contribution >= 0.6 is 0 Å². The first kappa shape index (κ1) is 8.07. The number of hydrogen-bond donors (Lipinski definition) is 1. The van der Waals surface area contributed by atoms with Gasteiger partial charge in [0, 0.05) is 0 Å². The number of aliphatic hydroxyl groups is 1. The summed E-state index contributed by atoms with van der Waals surface area (Å²) >= 11 is 0. The van der Waals surface area contributed by atoms with E-state index >= 15 is 0 Å². The molecule has 0 heterocycles. The fourth-order valence-electron chi connectivity index (χ4n) is 1.06. The van der Waals surface area contributed by atoms with Gasteiger partial charge in [-0.15, -0.1) is 0 Å². The molecule has 1 aliphatic rings. The lowest BCUT2D eigenvalue weighted by Gasteiger charge is -2.33. The third-order valence-corrected chi connectivity index (χ3v) is 1.70. The topological polar surface area (TPSA) is 55.8 Å². The van der Waals surface area contributed by atoms with Crippen LogP contribution in [0.5, 0.6) is 0 Å². The largest absolute Gasteiger partial charge is 0.494 e. The van der Waals surface area contributed by atoms with E-state index < -0.39 is 11.4 Å². The minimum absolute atomic E-state index is 0.109. The van der Waals surface area contributed by atoms with Gasteiger partial charge < -0.3 is 14.6 Å². The molecule has 0 saturated carbocycles. The fraction of sp³-hybridized carbons (Fsp3) is 0.571. The van der Waals surface area contributed by atoms with Crippen molar-refractivity contribution < 1.29 is 19.4 Å². The van der Waals surface area contributed by atoms with Gasteiger partial charge in [-0.05, 0) is 6.92 Å². The number of Topliss-reactive ketones (excluding diaryl/α,β-unsaturated/α-hetero) is 1. The highest BCUT2D eigenvalue weighted by atomic mass is 16.5. The summed E-state index contributed by atoms with van der Waals surface area (Å²) in [6.45, 7) is 1.37. The summed E-state index contributed by atoms with van der Waals surface area (Å²) in [6.07, 6.45) is 0. The van der Waals surface area contributed by atoms with E-state index in [1.54, 1.807) is 0 Å².